The number of fused-ring (bicyclic) bond motifs is 2. The third-order valence-corrected chi connectivity index (χ3v) is 6.76. The maximum Gasteiger partial charge on any atom is 0.231 e. The van der Waals surface area contributed by atoms with Gasteiger partial charge in [-0.1, -0.05) is 12.1 Å². The van der Waals surface area contributed by atoms with E-state index in [1.807, 2.05) is 10.8 Å². The van der Waals surface area contributed by atoms with Crippen molar-refractivity contribution in [2.75, 3.05) is 4.90 Å². The molecule has 8 heteroatoms. The lowest BCUT2D eigenvalue weighted by Crippen LogP contribution is -2.32. The van der Waals surface area contributed by atoms with Gasteiger partial charge in [0.05, 0.1) is 27.5 Å². The molecule has 2 aromatic carbocycles. The molecular formula is C21H19N3O4S. The Morgan fingerprint density at radius 3 is 2.52 bits per heavy atom. The van der Waals surface area contributed by atoms with Crippen LogP contribution in [0.5, 0.6) is 0 Å². The van der Waals surface area contributed by atoms with Crippen molar-refractivity contribution in [2.45, 2.75) is 36.1 Å². The molecule has 0 saturated heterocycles. The number of aryl methyl sites for hydroxylation is 1. The zero-order valence-electron chi connectivity index (χ0n) is 15.8. The van der Waals surface area contributed by atoms with Crippen LogP contribution in [0.4, 0.5) is 11.4 Å². The van der Waals surface area contributed by atoms with Crippen LogP contribution >= 0.6 is 0 Å². The number of imidazole rings is 1. The number of benzene rings is 2. The monoisotopic (exact) mass is 409 g/mol. The van der Waals surface area contributed by atoms with E-state index in [-0.39, 0.29) is 33.6 Å². The molecule has 0 atom stereocenters. The van der Waals surface area contributed by atoms with E-state index >= 15 is 0 Å². The second-order valence-electron chi connectivity index (χ2n) is 6.84. The first kappa shape index (κ1) is 19.1. The van der Waals surface area contributed by atoms with Crippen LogP contribution in [-0.4, -0.2) is 29.7 Å². The Morgan fingerprint density at radius 2 is 1.79 bits per heavy atom. The van der Waals surface area contributed by atoms with Crippen LogP contribution < -0.4 is 4.90 Å². The molecule has 0 saturated carbocycles. The van der Waals surface area contributed by atoms with Crippen LogP contribution in [-0.2, 0) is 21.2 Å². The van der Waals surface area contributed by atoms with Crippen molar-refractivity contribution >= 4 is 32.9 Å². The van der Waals surface area contributed by atoms with Crippen molar-refractivity contribution in [2.24, 2.45) is 0 Å². The van der Waals surface area contributed by atoms with Crippen molar-refractivity contribution in [3.8, 4) is 0 Å². The molecule has 29 heavy (non-hydrogen) atoms. The average Bonchev–Trinajstić information content (AvgIpc) is 3.21. The summed E-state index contributed by atoms with van der Waals surface area (Å²) in [6, 6.07) is 10.8. The molecule has 0 unspecified atom stereocenters. The van der Waals surface area contributed by atoms with Crippen LogP contribution in [0.1, 0.15) is 30.1 Å². The lowest BCUT2D eigenvalue weighted by Gasteiger charge is -2.31. The number of carbonyl (C=O) groups is 2. The minimum absolute atomic E-state index is 0.0316. The number of amides is 1. The van der Waals surface area contributed by atoms with Gasteiger partial charge in [0.25, 0.3) is 0 Å². The second kappa shape index (κ2) is 7.29. The number of nitrogens with zero attached hydrogens (tertiary/aromatic N) is 3. The third kappa shape index (κ3) is 3.36. The van der Waals surface area contributed by atoms with E-state index in [9.17, 15) is 18.0 Å². The molecule has 0 fully saturated rings. The summed E-state index contributed by atoms with van der Waals surface area (Å²) in [5.41, 5.74) is 0.895. The van der Waals surface area contributed by atoms with Gasteiger partial charge < -0.3 is 4.57 Å². The first-order valence-corrected chi connectivity index (χ1v) is 10.7. The fraction of sp³-hybridized carbons (Fsp3) is 0.190. The van der Waals surface area contributed by atoms with E-state index in [4.69, 9.17) is 0 Å². The molecule has 4 rings (SSSR count). The number of hydrogen-bond donors (Lipinski definition) is 0. The highest BCUT2D eigenvalue weighted by molar-refractivity contribution is 7.92. The number of carbonyl (C=O) groups excluding carboxylic acids is 2. The van der Waals surface area contributed by atoms with Gasteiger partial charge in [-0.05, 0) is 43.7 Å². The van der Waals surface area contributed by atoms with Gasteiger partial charge in [0.15, 0.2) is 5.78 Å². The highest BCUT2D eigenvalue weighted by Crippen LogP contribution is 2.44. The number of rotatable bonds is 5. The van der Waals surface area contributed by atoms with E-state index in [0.29, 0.717) is 24.2 Å². The maximum atomic E-state index is 13.2. The molecule has 7 nitrogen and oxygen atoms in total. The first-order valence-electron chi connectivity index (χ1n) is 9.17. The maximum absolute atomic E-state index is 13.2. The summed E-state index contributed by atoms with van der Waals surface area (Å²) in [5, 5.41) is 0. The van der Waals surface area contributed by atoms with Gasteiger partial charge in [0.2, 0.25) is 15.7 Å². The van der Waals surface area contributed by atoms with Crippen LogP contribution in [0.25, 0.3) is 0 Å². The lowest BCUT2D eigenvalue weighted by atomic mass is 10.1. The van der Waals surface area contributed by atoms with Crippen molar-refractivity contribution in [3.63, 3.8) is 0 Å². The van der Waals surface area contributed by atoms with Gasteiger partial charge in [0, 0.05) is 30.9 Å². The first-order chi connectivity index (χ1) is 13.9. The summed E-state index contributed by atoms with van der Waals surface area (Å²) < 4.78 is 28.0. The summed E-state index contributed by atoms with van der Waals surface area (Å²) in [6.07, 6.45) is 5.97. The number of sulfone groups is 1. The van der Waals surface area contributed by atoms with Gasteiger partial charge in [0.1, 0.15) is 0 Å². The highest BCUT2D eigenvalue weighted by Gasteiger charge is 2.36. The van der Waals surface area contributed by atoms with Gasteiger partial charge in [-0.25, -0.2) is 13.4 Å². The number of ketones is 1. The van der Waals surface area contributed by atoms with E-state index in [1.54, 1.807) is 30.7 Å². The largest absolute Gasteiger partial charge is 0.337 e. The fourth-order valence-electron chi connectivity index (χ4n) is 3.47. The van der Waals surface area contributed by atoms with Crippen LogP contribution in [0.15, 0.2) is 71.0 Å². The van der Waals surface area contributed by atoms with Crippen LogP contribution in [0.3, 0.4) is 0 Å². The Balaban J connectivity index is 1.75. The summed E-state index contributed by atoms with van der Waals surface area (Å²) in [6.45, 7) is 2.03. The van der Waals surface area contributed by atoms with Crippen molar-refractivity contribution in [3.05, 3.63) is 66.7 Å². The molecule has 1 aliphatic rings. The smallest absolute Gasteiger partial charge is 0.231 e. The molecule has 1 aromatic heterocycles. The Morgan fingerprint density at radius 1 is 1.03 bits per heavy atom. The van der Waals surface area contributed by atoms with E-state index < -0.39 is 9.84 Å². The Hall–Kier alpha value is -3.26. The molecule has 0 N–H and O–H groups in total. The van der Waals surface area contributed by atoms with Crippen molar-refractivity contribution < 1.29 is 18.0 Å². The topological polar surface area (TPSA) is 89.3 Å². The molecule has 1 amide bonds. The summed E-state index contributed by atoms with van der Waals surface area (Å²) in [7, 11) is -3.78. The zero-order valence-corrected chi connectivity index (χ0v) is 16.6. The SMILES string of the molecule is CC(=O)c1ccc2c(c1)N(C(=O)CCCn1ccnc1)c1ccccc1S2(=O)=O. The number of hydrogen-bond acceptors (Lipinski definition) is 5. The van der Waals surface area contributed by atoms with Crippen LogP contribution in [0.2, 0.25) is 0 Å². The van der Waals surface area contributed by atoms with Gasteiger partial charge in [-0.3, -0.25) is 14.5 Å². The molecule has 0 aliphatic carbocycles. The highest BCUT2D eigenvalue weighted by atomic mass is 32.2. The van der Waals surface area contributed by atoms with E-state index in [1.165, 1.54) is 36.1 Å². The Bertz CT molecular complexity index is 1200. The molecule has 148 valence electrons. The van der Waals surface area contributed by atoms with Gasteiger partial charge in [-0.15, -0.1) is 0 Å². The Labute approximate surface area is 168 Å². The summed E-state index contributed by atoms with van der Waals surface area (Å²) >= 11 is 0. The van der Waals surface area contributed by atoms with E-state index in [2.05, 4.69) is 4.98 Å². The average molecular weight is 409 g/mol. The molecule has 0 spiro atoms. The van der Waals surface area contributed by atoms with Crippen LogP contribution in [0, 0.1) is 0 Å². The van der Waals surface area contributed by atoms with Crippen molar-refractivity contribution in [1.29, 1.82) is 0 Å². The normalized spacial score (nSPS) is 14.2. The predicted octanol–water partition coefficient (Wildman–Crippen LogP) is 3.38. The fourth-order valence-corrected chi connectivity index (χ4v) is 5.07. The third-order valence-electron chi connectivity index (χ3n) is 4.91. The predicted molar refractivity (Wildman–Crippen MR) is 107 cm³/mol. The number of para-hydroxylation sites is 1. The van der Waals surface area contributed by atoms with Crippen molar-refractivity contribution in [1.82, 2.24) is 9.55 Å². The number of Topliss-reactive ketones (excluding diaryl/α,β-unsaturated/α-hetero) is 1. The van der Waals surface area contributed by atoms with E-state index in [0.717, 1.165) is 0 Å². The summed E-state index contributed by atoms with van der Waals surface area (Å²) in [4.78, 5) is 30.5. The summed E-state index contributed by atoms with van der Waals surface area (Å²) in [5.74, 6) is -0.425. The molecule has 1 aliphatic heterocycles. The van der Waals surface area contributed by atoms with Gasteiger partial charge in [-0.2, -0.15) is 0 Å². The molecule has 0 bridgehead atoms. The van der Waals surface area contributed by atoms with Gasteiger partial charge >= 0.3 is 0 Å². The minimum Gasteiger partial charge on any atom is -0.337 e. The molecule has 2 heterocycles. The molecular weight excluding hydrogens is 390 g/mol. The zero-order chi connectivity index (χ0) is 20.6. The standard InChI is InChI=1S/C21H19N3O4S/c1-15(25)16-8-9-20-18(13-16)24(17-5-2-3-6-19(17)29(20,27)28)21(26)7-4-11-23-12-10-22-14-23/h2-3,5-6,8-10,12-14H,4,7,11H2,1H3. The number of aromatic nitrogens is 2. The minimum atomic E-state index is -3.78. The molecule has 0 radical (unpaired) electrons. The second-order valence-corrected chi connectivity index (χ2v) is 8.73. The quantitative estimate of drug-likeness (QED) is 0.603. The Kier molecular flexibility index (Phi) is 4.79. The lowest BCUT2D eigenvalue weighted by molar-refractivity contribution is -0.118. The number of anilines is 2. The molecule has 3 aromatic rings.